The van der Waals surface area contributed by atoms with Crippen LogP contribution in [0.4, 0.5) is 0 Å². The molecule has 0 heterocycles. The van der Waals surface area contributed by atoms with Crippen molar-refractivity contribution in [2.75, 3.05) is 0 Å². The fraction of sp³-hybridized carbons (Fsp3) is 0.800. The maximum Gasteiger partial charge on any atom is 0.135 e. The molecule has 1 aliphatic carbocycles. The number of carbonyl (C=O) groups excluding carboxylic acids is 1. The van der Waals surface area contributed by atoms with Gasteiger partial charge in [-0.05, 0) is 6.42 Å². The molecule has 0 amide bonds. The van der Waals surface area contributed by atoms with Crippen molar-refractivity contribution in [1.82, 2.24) is 0 Å². The molecule has 1 nitrogen and oxygen atoms in total. The highest BCUT2D eigenvalue weighted by Crippen LogP contribution is 2.20. The van der Waals surface area contributed by atoms with Crippen LogP contribution in [0.3, 0.4) is 0 Å². The number of Topliss-reactive ketones (excluding diaryl/α,β-unsaturated/α-hetero) is 1. The summed E-state index contributed by atoms with van der Waals surface area (Å²) in [6, 6.07) is 0. The monoisotopic (exact) mass is 84.1 g/mol. The van der Waals surface area contributed by atoms with E-state index >= 15 is 0 Å². The van der Waals surface area contributed by atoms with Crippen LogP contribution < -0.4 is 0 Å². The molecule has 0 aromatic carbocycles. The second-order valence-corrected chi connectivity index (χ2v) is 1.91. The van der Waals surface area contributed by atoms with E-state index in [1.165, 1.54) is 0 Å². The van der Waals surface area contributed by atoms with Gasteiger partial charge in [0.2, 0.25) is 0 Å². The second-order valence-electron chi connectivity index (χ2n) is 1.91. The van der Waals surface area contributed by atoms with Crippen LogP contribution in [0, 0.1) is 5.92 Å². The molecular weight excluding hydrogens is 76.1 g/mol. The molecule has 1 aliphatic rings. The van der Waals surface area contributed by atoms with Gasteiger partial charge in [-0.15, -0.1) is 0 Å². The third-order valence-corrected chi connectivity index (χ3v) is 1.37. The molecule has 0 N–H and O–H groups in total. The third kappa shape index (κ3) is 0.348. The first kappa shape index (κ1) is 3.85. The van der Waals surface area contributed by atoms with E-state index in [9.17, 15) is 4.79 Å². The molecule has 0 unspecified atom stereocenters. The normalized spacial score (nSPS) is 32.8. The van der Waals surface area contributed by atoms with Gasteiger partial charge in [0, 0.05) is 12.3 Å². The average Bonchev–Trinajstić information content (AvgIpc) is 1.61. The Kier molecular flexibility index (Phi) is 0.685. The maximum absolute atomic E-state index is 10.2. The number of rotatable bonds is 0. The Morgan fingerprint density at radius 3 is 2.33 bits per heavy atom. The van der Waals surface area contributed by atoms with Crippen LogP contribution in [0.1, 0.15) is 19.8 Å². The zero-order valence-corrected chi connectivity index (χ0v) is 3.90. The third-order valence-electron chi connectivity index (χ3n) is 1.37. The number of ketones is 1. The quantitative estimate of drug-likeness (QED) is 0.427. The summed E-state index contributed by atoms with van der Waals surface area (Å²) in [6.45, 7) is 1.98. The van der Waals surface area contributed by atoms with Gasteiger partial charge in [-0.25, -0.2) is 0 Å². The lowest BCUT2D eigenvalue weighted by Gasteiger charge is -2.17. The van der Waals surface area contributed by atoms with Crippen LogP contribution in [0.2, 0.25) is 0 Å². The molecule has 1 rings (SSSR count). The fourth-order valence-electron chi connectivity index (χ4n) is 0.551. The van der Waals surface area contributed by atoms with E-state index in [-0.39, 0.29) is 0 Å². The van der Waals surface area contributed by atoms with Crippen LogP contribution in [-0.4, -0.2) is 5.78 Å². The summed E-state index contributed by atoms with van der Waals surface area (Å²) in [5, 5.41) is 0. The first-order valence-electron chi connectivity index (χ1n) is 2.33. The van der Waals surface area contributed by atoms with Gasteiger partial charge in [0.25, 0.3) is 0 Å². The van der Waals surface area contributed by atoms with Crippen molar-refractivity contribution in [3.05, 3.63) is 0 Å². The Hall–Kier alpha value is -0.330. The van der Waals surface area contributed by atoms with Gasteiger partial charge in [-0.2, -0.15) is 0 Å². The van der Waals surface area contributed by atoms with Gasteiger partial charge in [0.15, 0.2) is 0 Å². The first-order valence-corrected chi connectivity index (χ1v) is 2.33. The summed E-state index contributed by atoms with van der Waals surface area (Å²) in [5.41, 5.74) is 0. The second kappa shape index (κ2) is 1.07. The highest BCUT2D eigenvalue weighted by Gasteiger charge is 2.21. The van der Waals surface area contributed by atoms with E-state index in [1.807, 2.05) is 6.92 Å². The number of carbonyl (C=O) groups is 1. The van der Waals surface area contributed by atoms with Crippen molar-refractivity contribution in [2.45, 2.75) is 19.8 Å². The lowest BCUT2D eigenvalue weighted by molar-refractivity contribution is -0.128. The molecule has 0 aliphatic heterocycles. The SMILES string of the molecule is C[C@H]1CCC1=O. The lowest BCUT2D eigenvalue weighted by Crippen LogP contribution is -2.21. The summed E-state index contributed by atoms with van der Waals surface area (Å²) < 4.78 is 0. The average molecular weight is 84.1 g/mol. The zero-order valence-electron chi connectivity index (χ0n) is 3.90. The largest absolute Gasteiger partial charge is 0.299 e. The van der Waals surface area contributed by atoms with E-state index in [2.05, 4.69) is 0 Å². The van der Waals surface area contributed by atoms with Crippen molar-refractivity contribution in [3.63, 3.8) is 0 Å². The molecule has 1 saturated carbocycles. The molecule has 1 heteroatoms. The summed E-state index contributed by atoms with van der Waals surface area (Å²) in [7, 11) is 0. The Bertz CT molecular complexity index is 76.0. The van der Waals surface area contributed by atoms with Crippen LogP contribution in [0.5, 0.6) is 0 Å². The Labute approximate surface area is 37.4 Å². The highest BCUT2D eigenvalue weighted by molar-refractivity contribution is 5.85. The van der Waals surface area contributed by atoms with E-state index in [4.69, 9.17) is 0 Å². The fourth-order valence-corrected chi connectivity index (χ4v) is 0.551. The Balaban J connectivity index is 2.39. The highest BCUT2D eigenvalue weighted by atomic mass is 16.1. The van der Waals surface area contributed by atoms with E-state index in [1.54, 1.807) is 0 Å². The van der Waals surface area contributed by atoms with Gasteiger partial charge < -0.3 is 0 Å². The van der Waals surface area contributed by atoms with Gasteiger partial charge >= 0.3 is 0 Å². The van der Waals surface area contributed by atoms with Gasteiger partial charge in [-0.3, -0.25) is 4.79 Å². The van der Waals surface area contributed by atoms with Crippen molar-refractivity contribution < 1.29 is 4.79 Å². The van der Waals surface area contributed by atoms with Crippen molar-refractivity contribution in [1.29, 1.82) is 0 Å². The number of hydrogen-bond acceptors (Lipinski definition) is 1. The summed E-state index contributed by atoms with van der Waals surface area (Å²) in [4.78, 5) is 10.2. The minimum atomic E-state index is 0.394. The molecule has 34 valence electrons. The first-order chi connectivity index (χ1) is 2.80. The molecule has 0 radical (unpaired) electrons. The maximum atomic E-state index is 10.2. The molecule has 1 fully saturated rings. The van der Waals surface area contributed by atoms with E-state index in [0.29, 0.717) is 11.7 Å². The summed E-state index contributed by atoms with van der Waals surface area (Å²) in [6.07, 6.45) is 1.96. The van der Waals surface area contributed by atoms with Crippen LogP contribution >= 0.6 is 0 Å². The van der Waals surface area contributed by atoms with Gasteiger partial charge in [0.05, 0.1) is 0 Å². The summed E-state index contributed by atoms with van der Waals surface area (Å²) in [5.74, 6) is 0.833. The molecule has 6 heavy (non-hydrogen) atoms. The van der Waals surface area contributed by atoms with Crippen molar-refractivity contribution in [2.24, 2.45) is 5.92 Å². The van der Waals surface area contributed by atoms with Gasteiger partial charge in [-0.1, -0.05) is 6.92 Å². The smallest absolute Gasteiger partial charge is 0.135 e. The predicted octanol–water partition coefficient (Wildman–Crippen LogP) is 0.985. The molecule has 0 aromatic heterocycles. The molecule has 0 aromatic rings. The van der Waals surface area contributed by atoms with Crippen molar-refractivity contribution in [3.8, 4) is 0 Å². The Morgan fingerprint density at radius 2 is 2.33 bits per heavy atom. The predicted molar refractivity (Wildman–Crippen MR) is 23.4 cm³/mol. The molecule has 0 spiro atoms. The minimum absolute atomic E-state index is 0.394. The van der Waals surface area contributed by atoms with Crippen LogP contribution in [-0.2, 0) is 4.79 Å². The van der Waals surface area contributed by atoms with Crippen LogP contribution in [0.15, 0.2) is 0 Å². The van der Waals surface area contributed by atoms with E-state index in [0.717, 1.165) is 12.8 Å². The minimum Gasteiger partial charge on any atom is -0.299 e. The topological polar surface area (TPSA) is 17.1 Å². The number of hydrogen-bond donors (Lipinski definition) is 0. The van der Waals surface area contributed by atoms with Crippen LogP contribution in [0.25, 0.3) is 0 Å². The molecule has 0 bridgehead atoms. The zero-order chi connectivity index (χ0) is 4.57. The van der Waals surface area contributed by atoms with E-state index < -0.39 is 0 Å². The molecular formula is C5H8O. The standard InChI is InChI=1S/C5H8O/c1-4-2-3-5(4)6/h4H,2-3H2,1H3/t4-/m0/s1. The summed E-state index contributed by atoms with van der Waals surface area (Å²) >= 11 is 0. The lowest BCUT2D eigenvalue weighted by atomic mass is 9.86. The molecule has 0 saturated heterocycles. The Morgan fingerprint density at radius 1 is 1.83 bits per heavy atom. The van der Waals surface area contributed by atoms with Crippen molar-refractivity contribution >= 4 is 5.78 Å². The molecule has 1 atom stereocenters. The van der Waals surface area contributed by atoms with Gasteiger partial charge in [0.1, 0.15) is 5.78 Å².